The number of carbonyl (C=O) groups is 2. The van der Waals surface area contributed by atoms with Gasteiger partial charge >= 0.3 is 12.1 Å². The summed E-state index contributed by atoms with van der Waals surface area (Å²) in [4.78, 5) is 24.3. The van der Waals surface area contributed by atoms with Crippen molar-refractivity contribution in [2.24, 2.45) is 0 Å². The van der Waals surface area contributed by atoms with Gasteiger partial charge in [-0.3, -0.25) is 4.90 Å². The molecule has 2 rings (SSSR count). The Morgan fingerprint density at radius 3 is 2.78 bits per heavy atom. The van der Waals surface area contributed by atoms with E-state index in [1.807, 2.05) is 12.1 Å². The van der Waals surface area contributed by atoms with E-state index in [1.54, 1.807) is 12.1 Å². The van der Waals surface area contributed by atoms with E-state index in [-0.39, 0.29) is 6.73 Å². The van der Waals surface area contributed by atoms with Crippen molar-refractivity contribution in [3.05, 3.63) is 34.9 Å². The van der Waals surface area contributed by atoms with Crippen LogP contribution in [0.15, 0.2) is 24.3 Å². The molecule has 1 amide bonds. The SMILES string of the molecule is COC(=O)N1COC(=O)C1Cc1ccc(Cl)cc1. The molecular weight excluding hydrogens is 258 g/mol. The molecule has 0 aliphatic carbocycles. The molecule has 1 unspecified atom stereocenters. The Hall–Kier alpha value is -1.75. The standard InChI is InChI=1S/C12H12ClNO4/c1-17-12(16)14-7-18-11(15)10(14)6-8-2-4-9(13)5-3-8/h2-5,10H,6-7H2,1H3. The lowest BCUT2D eigenvalue weighted by atomic mass is 10.1. The summed E-state index contributed by atoms with van der Waals surface area (Å²) in [5, 5.41) is 0.623. The van der Waals surface area contributed by atoms with Crippen LogP contribution in [0.5, 0.6) is 0 Å². The predicted octanol–water partition coefficient (Wildman–Crippen LogP) is 1.83. The van der Waals surface area contributed by atoms with Crippen LogP contribution in [0.1, 0.15) is 5.56 Å². The molecule has 96 valence electrons. The number of hydrogen-bond acceptors (Lipinski definition) is 4. The maximum atomic E-state index is 11.6. The number of benzene rings is 1. The maximum absolute atomic E-state index is 11.6. The van der Waals surface area contributed by atoms with E-state index >= 15 is 0 Å². The quantitative estimate of drug-likeness (QED) is 0.769. The molecule has 0 aromatic heterocycles. The van der Waals surface area contributed by atoms with Crippen molar-refractivity contribution < 1.29 is 19.1 Å². The van der Waals surface area contributed by atoms with Gasteiger partial charge in [0.25, 0.3) is 0 Å². The summed E-state index contributed by atoms with van der Waals surface area (Å²) in [6, 6.07) is 6.45. The normalized spacial score (nSPS) is 18.7. The number of nitrogens with zero attached hydrogens (tertiary/aromatic N) is 1. The molecular formula is C12H12ClNO4. The van der Waals surface area contributed by atoms with Crippen molar-refractivity contribution in [3.8, 4) is 0 Å². The topological polar surface area (TPSA) is 55.8 Å². The molecule has 1 saturated heterocycles. The number of carbonyl (C=O) groups excluding carboxylic acids is 2. The Labute approximate surface area is 109 Å². The average Bonchev–Trinajstić information content (AvgIpc) is 2.73. The highest BCUT2D eigenvalue weighted by molar-refractivity contribution is 6.30. The van der Waals surface area contributed by atoms with E-state index < -0.39 is 18.1 Å². The van der Waals surface area contributed by atoms with Gasteiger partial charge in [0.05, 0.1) is 7.11 Å². The molecule has 1 aliphatic heterocycles. The van der Waals surface area contributed by atoms with Gasteiger partial charge in [-0.2, -0.15) is 0 Å². The minimum atomic E-state index is -0.640. The second-order valence-corrected chi connectivity index (χ2v) is 4.32. The van der Waals surface area contributed by atoms with Gasteiger partial charge in [-0.15, -0.1) is 0 Å². The maximum Gasteiger partial charge on any atom is 0.412 e. The molecule has 0 saturated carbocycles. The summed E-state index contributed by atoms with van der Waals surface area (Å²) >= 11 is 5.78. The predicted molar refractivity (Wildman–Crippen MR) is 64.1 cm³/mol. The molecule has 1 fully saturated rings. The van der Waals surface area contributed by atoms with E-state index in [1.165, 1.54) is 12.0 Å². The zero-order chi connectivity index (χ0) is 13.1. The molecule has 0 radical (unpaired) electrons. The first-order chi connectivity index (χ1) is 8.61. The van der Waals surface area contributed by atoms with Crippen LogP contribution in [0, 0.1) is 0 Å². The van der Waals surface area contributed by atoms with Crippen molar-refractivity contribution in [3.63, 3.8) is 0 Å². The van der Waals surface area contributed by atoms with Crippen LogP contribution in [-0.4, -0.2) is 36.8 Å². The average molecular weight is 270 g/mol. The minimum absolute atomic E-state index is 0.0657. The largest absolute Gasteiger partial charge is 0.453 e. The number of halogens is 1. The monoisotopic (exact) mass is 269 g/mol. The zero-order valence-electron chi connectivity index (χ0n) is 9.76. The van der Waals surface area contributed by atoms with Gasteiger partial charge in [0, 0.05) is 11.4 Å². The Morgan fingerprint density at radius 2 is 2.17 bits per heavy atom. The number of esters is 1. The molecule has 0 spiro atoms. The summed E-state index contributed by atoms with van der Waals surface area (Å²) in [5.41, 5.74) is 0.900. The van der Waals surface area contributed by atoms with E-state index in [2.05, 4.69) is 4.74 Å². The summed E-state index contributed by atoms with van der Waals surface area (Å²) < 4.78 is 9.46. The highest BCUT2D eigenvalue weighted by Crippen LogP contribution is 2.18. The molecule has 5 nitrogen and oxygen atoms in total. The Kier molecular flexibility index (Phi) is 3.72. The highest BCUT2D eigenvalue weighted by Gasteiger charge is 2.38. The lowest BCUT2D eigenvalue weighted by molar-refractivity contribution is -0.139. The van der Waals surface area contributed by atoms with Crippen LogP contribution >= 0.6 is 11.6 Å². The highest BCUT2D eigenvalue weighted by atomic mass is 35.5. The van der Waals surface area contributed by atoms with Gasteiger partial charge in [-0.25, -0.2) is 9.59 Å². The van der Waals surface area contributed by atoms with Crippen molar-refractivity contribution in [1.29, 1.82) is 0 Å². The van der Waals surface area contributed by atoms with Gasteiger partial charge in [-0.1, -0.05) is 23.7 Å². The van der Waals surface area contributed by atoms with Crippen LogP contribution in [-0.2, 0) is 20.7 Å². The van der Waals surface area contributed by atoms with Gasteiger partial charge in [-0.05, 0) is 17.7 Å². The third-order valence-electron chi connectivity index (χ3n) is 2.75. The fourth-order valence-electron chi connectivity index (χ4n) is 1.78. The van der Waals surface area contributed by atoms with Gasteiger partial charge in [0.2, 0.25) is 0 Å². The smallest absolute Gasteiger partial charge is 0.412 e. The van der Waals surface area contributed by atoms with Gasteiger partial charge < -0.3 is 9.47 Å². The molecule has 1 aliphatic rings. The molecule has 1 atom stereocenters. The van der Waals surface area contributed by atoms with Crippen LogP contribution < -0.4 is 0 Å². The number of ether oxygens (including phenoxy) is 2. The number of hydrogen-bond donors (Lipinski definition) is 0. The Balaban J connectivity index is 2.12. The van der Waals surface area contributed by atoms with E-state index in [9.17, 15) is 9.59 Å². The molecule has 1 aromatic rings. The van der Waals surface area contributed by atoms with E-state index in [0.29, 0.717) is 11.4 Å². The van der Waals surface area contributed by atoms with Crippen molar-refractivity contribution in [1.82, 2.24) is 4.90 Å². The Morgan fingerprint density at radius 1 is 1.50 bits per heavy atom. The van der Waals surface area contributed by atoms with Crippen molar-refractivity contribution in [2.45, 2.75) is 12.5 Å². The van der Waals surface area contributed by atoms with Crippen LogP contribution in [0.3, 0.4) is 0 Å². The van der Waals surface area contributed by atoms with Crippen LogP contribution in [0.2, 0.25) is 5.02 Å². The molecule has 18 heavy (non-hydrogen) atoms. The molecule has 1 aromatic carbocycles. The second kappa shape index (κ2) is 5.27. The first-order valence-electron chi connectivity index (χ1n) is 5.37. The molecule has 6 heteroatoms. The first-order valence-corrected chi connectivity index (χ1v) is 5.75. The van der Waals surface area contributed by atoms with Gasteiger partial charge in [0.1, 0.15) is 6.04 Å². The third kappa shape index (κ3) is 2.56. The lowest BCUT2D eigenvalue weighted by Crippen LogP contribution is -2.39. The van der Waals surface area contributed by atoms with E-state index in [0.717, 1.165) is 5.56 Å². The number of amides is 1. The summed E-state index contributed by atoms with van der Waals surface area (Å²) in [7, 11) is 1.27. The molecule has 1 heterocycles. The van der Waals surface area contributed by atoms with Crippen LogP contribution in [0.25, 0.3) is 0 Å². The third-order valence-corrected chi connectivity index (χ3v) is 3.00. The summed E-state index contributed by atoms with van der Waals surface area (Å²) in [6.45, 7) is -0.0657. The Bertz CT molecular complexity index is 460. The summed E-state index contributed by atoms with van der Waals surface area (Å²) in [6.07, 6.45) is -0.190. The summed E-state index contributed by atoms with van der Waals surface area (Å²) in [5.74, 6) is -0.421. The fourth-order valence-corrected chi connectivity index (χ4v) is 1.91. The van der Waals surface area contributed by atoms with Crippen molar-refractivity contribution in [2.75, 3.05) is 13.8 Å². The van der Waals surface area contributed by atoms with Crippen LogP contribution in [0.4, 0.5) is 4.79 Å². The van der Waals surface area contributed by atoms with E-state index in [4.69, 9.17) is 16.3 Å². The number of methoxy groups -OCH3 is 1. The first kappa shape index (κ1) is 12.7. The fraction of sp³-hybridized carbons (Fsp3) is 0.333. The minimum Gasteiger partial charge on any atom is -0.453 e. The number of rotatable bonds is 2. The van der Waals surface area contributed by atoms with Crippen molar-refractivity contribution >= 4 is 23.7 Å². The molecule has 0 N–H and O–H groups in total. The zero-order valence-corrected chi connectivity index (χ0v) is 10.5. The lowest BCUT2D eigenvalue weighted by Gasteiger charge is -2.18. The second-order valence-electron chi connectivity index (χ2n) is 3.88. The number of cyclic esters (lactones) is 1. The van der Waals surface area contributed by atoms with Gasteiger partial charge in [0.15, 0.2) is 6.73 Å². The molecule has 0 bridgehead atoms.